The lowest BCUT2D eigenvalue weighted by molar-refractivity contribution is -0.137. The van der Waals surface area contributed by atoms with Gasteiger partial charge in [-0.25, -0.2) is 9.78 Å². The lowest BCUT2D eigenvalue weighted by Gasteiger charge is -2.16. The molecule has 7 nitrogen and oxygen atoms in total. The number of carbonyl (C=O) groups excluding carboxylic acids is 1. The van der Waals surface area contributed by atoms with Crippen molar-refractivity contribution >= 4 is 34.6 Å². The summed E-state index contributed by atoms with van der Waals surface area (Å²) in [6, 6.07) is 5.11. The van der Waals surface area contributed by atoms with Gasteiger partial charge in [-0.3, -0.25) is 4.79 Å². The number of para-hydroxylation sites is 1. The maximum absolute atomic E-state index is 11.9. The van der Waals surface area contributed by atoms with Crippen LogP contribution in [0.5, 0.6) is 0 Å². The first-order chi connectivity index (χ1) is 10.4. The van der Waals surface area contributed by atoms with Crippen LogP contribution in [0.15, 0.2) is 18.2 Å². The van der Waals surface area contributed by atoms with Gasteiger partial charge >= 0.3 is 12.0 Å². The molecule has 0 aliphatic carbocycles. The van der Waals surface area contributed by atoms with Crippen molar-refractivity contribution in [3.05, 3.63) is 29.0 Å². The van der Waals surface area contributed by atoms with Crippen LogP contribution >= 0.6 is 11.6 Å². The minimum atomic E-state index is -0.940. The van der Waals surface area contributed by atoms with Crippen molar-refractivity contribution in [2.45, 2.75) is 13.0 Å². The number of nitrogens with one attached hydrogen (secondary N) is 1. The minimum absolute atomic E-state index is 0.0914. The predicted octanol–water partition coefficient (Wildman–Crippen LogP) is 1.84. The number of amides is 2. The molecule has 118 valence electrons. The van der Waals surface area contributed by atoms with E-state index in [1.54, 1.807) is 13.1 Å². The number of hydrogen-bond donors (Lipinski definition) is 2. The number of hydrogen-bond acceptors (Lipinski definition) is 3. The first kappa shape index (κ1) is 16.1. The van der Waals surface area contributed by atoms with Crippen LogP contribution in [0.2, 0.25) is 5.02 Å². The van der Waals surface area contributed by atoms with Crippen LogP contribution in [0.25, 0.3) is 11.0 Å². The van der Waals surface area contributed by atoms with Gasteiger partial charge in [0, 0.05) is 20.6 Å². The second-order valence-corrected chi connectivity index (χ2v) is 5.33. The number of urea groups is 1. The van der Waals surface area contributed by atoms with Crippen molar-refractivity contribution < 1.29 is 14.7 Å². The summed E-state index contributed by atoms with van der Waals surface area (Å²) in [7, 11) is 3.38. The van der Waals surface area contributed by atoms with E-state index in [0.29, 0.717) is 10.8 Å². The molecule has 0 aliphatic heterocycles. The summed E-state index contributed by atoms with van der Waals surface area (Å²) >= 11 is 6.15. The van der Waals surface area contributed by atoms with Gasteiger partial charge in [-0.1, -0.05) is 17.7 Å². The Morgan fingerprint density at radius 3 is 2.82 bits per heavy atom. The third-order valence-electron chi connectivity index (χ3n) is 3.34. The third kappa shape index (κ3) is 3.48. The fraction of sp³-hybridized carbons (Fsp3) is 0.357. The molecule has 0 aliphatic rings. The number of aliphatic carboxylic acids is 1. The van der Waals surface area contributed by atoms with E-state index in [1.807, 2.05) is 23.7 Å². The average Bonchev–Trinajstić information content (AvgIpc) is 2.80. The number of imidazole rings is 1. The number of aryl methyl sites for hydroxylation is 1. The normalized spacial score (nSPS) is 10.7. The van der Waals surface area contributed by atoms with E-state index >= 15 is 0 Å². The van der Waals surface area contributed by atoms with Crippen LogP contribution in [0.3, 0.4) is 0 Å². The SMILES string of the molecule is CN(CCC(=O)O)C(=O)NCc1nc2cccc(Cl)c2n1C. The maximum Gasteiger partial charge on any atom is 0.317 e. The molecule has 1 heterocycles. The van der Waals surface area contributed by atoms with Gasteiger partial charge in [0.15, 0.2) is 0 Å². The quantitative estimate of drug-likeness (QED) is 0.878. The molecule has 0 unspecified atom stereocenters. The lowest BCUT2D eigenvalue weighted by Crippen LogP contribution is -2.38. The molecule has 22 heavy (non-hydrogen) atoms. The van der Waals surface area contributed by atoms with Crippen LogP contribution in [0.4, 0.5) is 4.79 Å². The zero-order chi connectivity index (χ0) is 16.3. The average molecular weight is 325 g/mol. The van der Waals surface area contributed by atoms with Gasteiger partial charge in [0.05, 0.1) is 29.0 Å². The number of nitrogens with zero attached hydrogens (tertiary/aromatic N) is 3. The molecule has 0 atom stereocenters. The van der Waals surface area contributed by atoms with Crippen LogP contribution in [-0.2, 0) is 18.4 Å². The van der Waals surface area contributed by atoms with Crippen molar-refractivity contribution in [1.29, 1.82) is 0 Å². The fourth-order valence-corrected chi connectivity index (χ4v) is 2.38. The molecular formula is C14H17ClN4O3. The van der Waals surface area contributed by atoms with E-state index in [1.165, 1.54) is 4.90 Å². The topological polar surface area (TPSA) is 87.5 Å². The molecule has 2 N–H and O–H groups in total. The Balaban J connectivity index is 2.03. The zero-order valence-electron chi connectivity index (χ0n) is 12.3. The van der Waals surface area contributed by atoms with Gasteiger partial charge in [-0.2, -0.15) is 0 Å². The number of carboxylic acids is 1. The lowest BCUT2D eigenvalue weighted by atomic mass is 10.3. The number of fused-ring (bicyclic) bond motifs is 1. The highest BCUT2D eigenvalue weighted by Crippen LogP contribution is 2.23. The zero-order valence-corrected chi connectivity index (χ0v) is 13.1. The highest BCUT2D eigenvalue weighted by atomic mass is 35.5. The second kappa shape index (κ2) is 6.65. The van der Waals surface area contributed by atoms with E-state index in [-0.39, 0.29) is 25.5 Å². The van der Waals surface area contributed by atoms with Crippen LogP contribution in [-0.4, -0.2) is 45.2 Å². The molecule has 1 aromatic heterocycles. The summed E-state index contributed by atoms with van der Waals surface area (Å²) in [5, 5.41) is 11.9. The van der Waals surface area contributed by atoms with Gasteiger partial charge in [0.25, 0.3) is 0 Å². The second-order valence-electron chi connectivity index (χ2n) is 4.92. The smallest absolute Gasteiger partial charge is 0.317 e. The summed E-state index contributed by atoms with van der Waals surface area (Å²) in [6.07, 6.45) is -0.0914. The van der Waals surface area contributed by atoms with Gasteiger partial charge in [-0.15, -0.1) is 0 Å². The summed E-state index contributed by atoms with van der Waals surface area (Å²) in [5.74, 6) is -0.271. The van der Waals surface area contributed by atoms with Gasteiger partial charge in [0.2, 0.25) is 0 Å². The van der Waals surface area contributed by atoms with Crippen molar-refractivity contribution in [1.82, 2.24) is 19.8 Å². The maximum atomic E-state index is 11.9. The highest BCUT2D eigenvalue weighted by Gasteiger charge is 2.13. The van der Waals surface area contributed by atoms with E-state index in [9.17, 15) is 9.59 Å². The summed E-state index contributed by atoms with van der Waals surface area (Å²) in [6.45, 7) is 0.382. The van der Waals surface area contributed by atoms with Gasteiger partial charge < -0.3 is 19.9 Å². The largest absolute Gasteiger partial charge is 0.481 e. The minimum Gasteiger partial charge on any atom is -0.481 e. The van der Waals surface area contributed by atoms with Gasteiger partial charge in [0.1, 0.15) is 5.82 Å². The van der Waals surface area contributed by atoms with Crippen molar-refractivity contribution in [3.63, 3.8) is 0 Å². The molecular weight excluding hydrogens is 308 g/mol. The fourth-order valence-electron chi connectivity index (χ4n) is 2.08. The predicted molar refractivity (Wildman–Crippen MR) is 82.8 cm³/mol. The molecule has 0 spiro atoms. The number of halogens is 1. The molecule has 0 saturated carbocycles. The summed E-state index contributed by atoms with van der Waals surface area (Å²) in [5.41, 5.74) is 1.58. The first-order valence-corrected chi connectivity index (χ1v) is 7.08. The number of carboxylic acid groups (broad SMARTS) is 1. The molecule has 0 saturated heterocycles. The Labute approximate surface area is 132 Å². The van der Waals surface area contributed by atoms with E-state index in [2.05, 4.69) is 10.3 Å². The number of carbonyl (C=O) groups is 2. The van der Waals surface area contributed by atoms with Crippen LogP contribution in [0, 0.1) is 0 Å². The molecule has 2 rings (SSSR count). The monoisotopic (exact) mass is 324 g/mol. The molecule has 8 heteroatoms. The Morgan fingerprint density at radius 2 is 2.18 bits per heavy atom. The Kier molecular flexibility index (Phi) is 4.87. The third-order valence-corrected chi connectivity index (χ3v) is 3.65. The van der Waals surface area contributed by atoms with Crippen LogP contribution in [0.1, 0.15) is 12.2 Å². The standard InChI is InChI=1S/C14H17ClN4O3/c1-18(7-6-12(20)21)14(22)16-8-11-17-10-5-3-4-9(15)13(10)19(11)2/h3-5H,6-8H2,1-2H3,(H,16,22)(H,20,21). The molecule has 2 aromatic rings. The Hall–Kier alpha value is -2.28. The van der Waals surface area contributed by atoms with Crippen molar-refractivity contribution in [3.8, 4) is 0 Å². The first-order valence-electron chi connectivity index (χ1n) is 6.70. The number of rotatable bonds is 5. The van der Waals surface area contributed by atoms with Crippen molar-refractivity contribution in [2.24, 2.45) is 7.05 Å². The van der Waals surface area contributed by atoms with Crippen molar-refractivity contribution in [2.75, 3.05) is 13.6 Å². The Bertz CT molecular complexity index is 713. The highest BCUT2D eigenvalue weighted by molar-refractivity contribution is 6.35. The van der Waals surface area contributed by atoms with Crippen LogP contribution < -0.4 is 5.32 Å². The number of benzene rings is 1. The van der Waals surface area contributed by atoms with E-state index in [0.717, 1.165) is 11.0 Å². The molecule has 0 fully saturated rings. The summed E-state index contributed by atoms with van der Waals surface area (Å²) < 4.78 is 1.83. The molecule has 0 radical (unpaired) electrons. The van der Waals surface area contributed by atoms with Gasteiger partial charge in [-0.05, 0) is 12.1 Å². The van der Waals surface area contributed by atoms with E-state index in [4.69, 9.17) is 16.7 Å². The molecule has 0 bridgehead atoms. The summed E-state index contributed by atoms with van der Waals surface area (Å²) in [4.78, 5) is 28.1. The number of aromatic nitrogens is 2. The van der Waals surface area contributed by atoms with E-state index < -0.39 is 5.97 Å². The molecule has 2 amide bonds. The Morgan fingerprint density at radius 1 is 1.45 bits per heavy atom. The molecule has 1 aromatic carbocycles.